The molecule has 1 amide bonds. The summed E-state index contributed by atoms with van der Waals surface area (Å²) in [6.45, 7) is 4.93. The van der Waals surface area contributed by atoms with Crippen LogP contribution in [0.2, 0.25) is 0 Å². The van der Waals surface area contributed by atoms with Crippen LogP contribution in [0.15, 0.2) is 36.5 Å². The molecule has 0 aliphatic carbocycles. The third kappa shape index (κ3) is 5.35. The Hall–Kier alpha value is -3.33. The Kier molecular flexibility index (Phi) is 6.50. The molecular formula is C23H25N3O3. The van der Waals surface area contributed by atoms with Crippen molar-refractivity contribution in [3.05, 3.63) is 53.2 Å². The number of rotatable bonds is 6. The molecule has 1 aliphatic heterocycles. The summed E-state index contributed by atoms with van der Waals surface area (Å²) >= 11 is 0. The summed E-state index contributed by atoms with van der Waals surface area (Å²) in [4.78, 5) is 28.5. The third-order valence-electron chi connectivity index (χ3n) is 4.90. The van der Waals surface area contributed by atoms with Crippen LogP contribution in [-0.4, -0.2) is 30.0 Å². The molecule has 1 atom stereocenters. The van der Waals surface area contributed by atoms with Gasteiger partial charge in [0.05, 0.1) is 18.6 Å². The van der Waals surface area contributed by atoms with Crippen molar-refractivity contribution in [3.63, 3.8) is 0 Å². The molecule has 2 heterocycles. The van der Waals surface area contributed by atoms with E-state index in [-0.39, 0.29) is 23.7 Å². The number of carbonyl (C=O) groups excluding carboxylic acids is 2. The van der Waals surface area contributed by atoms with E-state index in [4.69, 9.17) is 11.2 Å². The molecule has 2 aromatic rings. The Bertz CT molecular complexity index is 947. The van der Waals surface area contributed by atoms with Gasteiger partial charge in [-0.3, -0.25) is 9.59 Å². The minimum absolute atomic E-state index is 0.111. The van der Waals surface area contributed by atoms with Crippen LogP contribution in [0.5, 0.6) is 0 Å². The van der Waals surface area contributed by atoms with Gasteiger partial charge in [-0.25, -0.2) is 4.98 Å². The van der Waals surface area contributed by atoms with Gasteiger partial charge >= 0.3 is 5.97 Å². The number of hydrogen-bond donors (Lipinski definition) is 2. The molecule has 150 valence electrons. The number of hydrogen-bond acceptors (Lipinski definition) is 5. The zero-order chi connectivity index (χ0) is 20.8. The van der Waals surface area contributed by atoms with Crippen molar-refractivity contribution in [1.82, 2.24) is 10.3 Å². The molecule has 1 aromatic carbocycles. The molecule has 0 saturated carbocycles. The molecule has 3 rings (SSSR count). The molecule has 1 unspecified atom stereocenters. The summed E-state index contributed by atoms with van der Waals surface area (Å²) < 4.78 is 4.95. The zero-order valence-electron chi connectivity index (χ0n) is 16.7. The summed E-state index contributed by atoms with van der Waals surface area (Å²) in [7, 11) is 0. The van der Waals surface area contributed by atoms with Gasteiger partial charge in [0.15, 0.2) is 0 Å². The first kappa shape index (κ1) is 20.4. The Morgan fingerprint density at radius 1 is 1.38 bits per heavy atom. The van der Waals surface area contributed by atoms with Gasteiger partial charge in [0.1, 0.15) is 5.82 Å². The Labute approximate surface area is 171 Å². The van der Waals surface area contributed by atoms with Gasteiger partial charge < -0.3 is 15.4 Å². The summed E-state index contributed by atoms with van der Waals surface area (Å²) in [6.07, 6.45) is 8.15. The Morgan fingerprint density at radius 2 is 2.21 bits per heavy atom. The van der Waals surface area contributed by atoms with E-state index >= 15 is 0 Å². The van der Waals surface area contributed by atoms with E-state index in [9.17, 15) is 9.59 Å². The first-order chi connectivity index (χ1) is 14.0. The highest BCUT2D eigenvalue weighted by molar-refractivity contribution is 5.96. The lowest BCUT2D eigenvalue weighted by Gasteiger charge is -2.22. The van der Waals surface area contributed by atoms with Crippen LogP contribution in [-0.2, 0) is 9.53 Å². The van der Waals surface area contributed by atoms with E-state index in [1.54, 1.807) is 6.20 Å². The third-order valence-corrected chi connectivity index (χ3v) is 4.90. The van der Waals surface area contributed by atoms with Crippen LogP contribution in [0.25, 0.3) is 0 Å². The average Bonchev–Trinajstić information content (AvgIpc) is 2.72. The smallest absolute Gasteiger partial charge is 0.306 e. The van der Waals surface area contributed by atoms with E-state index in [2.05, 4.69) is 21.5 Å². The maximum atomic E-state index is 12.7. The Morgan fingerprint density at radius 3 is 2.93 bits per heavy atom. The molecule has 0 radical (unpaired) electrons. The molecule has 0 bridgehead atoms. The number of amides is 1. The largest absolute Gasteiger partial charge is 0.466 e. The second kappa shape index (κ2) is 9.24. The van der Waals surface area contributed by atoms with Crippen LogP contribution in [0.3, 0.4) is 0 Å². The highest BCUT2D eigenvalue weighted by Gasteiger charge is 2.22. The number of esters is 1. The van der Waals surface area contributed by atoms with Crippen LogP contribution >= 0.6 is 0 Å². The van der Waals surface area contributed by atoms with Gasteiger partial charge in [-0.2, -0.15) is 0 Å². The van der Waals surface area contributed by atoms with Crippen LogP contribution < -0.4 is 10.6 Å². The zero-order valence-corrected chi connectivity index (χ0v) is 16.7. The van der Waals surface area contributed by atoms with Crippen molar-refractivity contribution in [2.45, 2.75) is 32.6 Å². The highest BCUT2D eigenvalue weighted by atomic mass is 16.5. The lowest BCUT2D eigenvalue weighted by Crippen LogP contribution is -2.34. The van der Waals surface area contributed by atoms with Crippen molar-refractivity contribution in [2.75, 3.05) is 18.5 Å². The molecule has 6 nitrogen and oxygen atoms in total. The minimum Gasteiger partial charge on any atom is -0.466 e. The van der Waals surface area contributed by atoms with Crippen LogP contribution in [0.1, 0.15) is 54.1 Å². The summed E-state index contributed by atoms with van der Waals surface area (Å²) in [5, 5.41) is 6.18. The number of nitrogens with zero attached hydrogens (tertiary/aromatic N) is 1. The van der Waals surface area contributed by atoms with E-state index < -0.39 is 0 Å². The van der Waals surface area contributed by atoms with Gasteiger partial charge in [-0.15, -0.1) is 6.42 Å². The fourth-order valence-corrected chi connectivity index (χ4v) is 3.28. The first-order valence-corrected chi connectivity index (χ1v) is 9.73. The topological polar surface area (TPSA) is 80.3 Å². The van der Waals surface area contributed by atoms with Crippen molar-refractivity contribution < 1.29 is 14.3 Å². The van der Waals surface area contributed by atoms with Crippen molar-refractivity contribution in [2.24, 2.45) is 5.92 Å². The number of cyclic esters (lactones) is 1. The number of anilines is 2. The summed E-state index contributed by atoms with van der Waals surface area (Å²) in [5.41, 5.74) is 3.06. The first-order valence-electron chi connectivity index (χ1n) is 9.73. The van der Waals surface area contributed by atoms with Gasteiger partial charge in [-0.05, 0) is 48.1 Å². The number of terminal acetylenes is 1. The maximum absolute atomic E-state index is 12.7. The maximum Gasteiger partial charge on any atom is 0.306 e. The second-order valence-electron chi connectivity index (χ2n) is 7.45. The average molecular weight is 391 g/mol. The molecule has 1 aliphatic rings. The molecule has 2 N–H and O–H groups in total. The number of nitrogens with one attached hydrogen (secondary N) is 2. The van der Waals surface area contributed by atoms with E-state index in [1.807, 2.05) is 44.2 Å². The fourth-order valence-electron chi connectivity index (χ4n) is 3.28. The van der Waals surface area contributed by atoms with E-state index in [1.165, 1.54) is 0 Å². The molecule has 0 spiro atoms. The van der Waals surface area contributed by atoms with Crippen molar-refractivity contribution >= 4 is 23.4 Å². The summed E-state index contributed by atoms with van der Waals surface area (Å²) in [6, 6.07) is 9.40. The lowest BCUT2D eigenvalue weighted by molar-refractivity contribution is -0.149. The predicted octanol–water partition coefficient (Wildman–Crippen LogP) is 3.61. The number of ether oxygens (including phenoxy) is 1. The molecular weight excluding hydrogens is 366 g/mol. The molecule has 1 aromatic heterocycles. The second-order valence-corrected chi connectivity index (χ2v) is 7.45. The van der Waals surface area contributed by atoms with Crippen LogP contribution in [0, 0.1) is 18.3 Å². The van der Waals surface area contributed by atoms with Gasteiger partial charge in [0.2, 0.25) is 0 Å². The van der Waals surface area contributed by atoms with Gasteiger partial charge in [-0.1, -0.05) is 25.8 Å². The quantitative estimate of drug-likeness (QED) is 0.581. The summed E-state index contributed by atoms with van der Waals surface area (Å²) in [5.74, 6) is 3.12. The van der Waals surface area contributed by atoms with E-state index in [0.29, 0.717) is 31.0 Å². The highest BCUT2D eigenvalue weighted by Crippen LogP contribution is 2.24. The number of benzene rings is 1. The molecule has 1 saturated heterocycles. The predicted molar refractivity (Wildman–Crippen MR) is 112 cm³/mol. The standard InChI is InChI=1S/C23H25N3O3/c1-4-16-6-5-7-18(10-16)26-21-12-19(15(2)3)20(14-24-21)23(28)25-13-17-8-9-29-22(27)11-17/h1,5-7,10,12,14-15,17H,8-9,11,13H2,2-3H3,(H,24,26)(H,25,28). The van der Waals surface area contributed by atoms with Crippen molar-refractivity contribution in [3.8, 4) is 12.3 Å². The normalized spacial score (nSPS) is 16.1. The number of pyridine rings is 1. The Balaban J connectivity index is 1.72. The fraction of sp³-hybridized carbons (Fsp3) is 0.348. The monoisotopic (exact) mass is 391 g/mol. The SMILES string of the molecule is C#Cc1cccc(Nc2cc(C(C)C)c(C(=O)NCC3CCOC(=O)C3)cn2)c1. The van der Waals surface area contributed by atoms with E-state index in [0.717, 1.165) is 23.2 Å². The van der Waals surface area contributed by atoms with Gasteiger partial charge in [0.25, 0.3) is 5.91 Å². The van der Waals surface area contributed by atoms with Crippen molar-refractivity contribution in [1.29, 1.82) is 0 Å². The molecule has 29 heavy (non-hydrogen) atoms. The number of aromatic nitrogens is 1. The molecule has 6 heteroatoms. The lowest BCUT2D eigenvalue weighted by atomic mass is 9.97. The van der Waals surface area contributed by atoms with Crippen LogP contribution in [0.4, 0.5) is 11.5 Å². The molecule has 1 fully saturated rings. The number of carbonyl (C=O) groups is 2. The van der Waals surface area contributed by atoms with Gasteiger partial charge in [0, 0.05) is 24.0 Å². The minimum atomic E-state index is -0.204.